The molecule has 1 fully saturated rings. The van der Waals surface area contributed by atoms with Crippen molar-refractivity contribution in [1.29, 1.82) is 0 Å². The van der Waals surface area contributed by atoms with Crippen LogP contribution in [0.25, 0.3) is 0 Å². The third-order valence-electron chi connectivity index (χ3n) is 10.5. The van der Waals surface area contributed by atoms with Crippen LogP contribution in [-0.2, 0) is 14.3 Å². The Morgan fingerprint density at radius 2 is 1.05 bits per heavy atom. The molecule has 330 valence electrons. The van der Waals surface area contributed by atoms with E-state index < -0.39 is 49.5 Å². The maximum Gasteiger partial charge on any atom is 0.220 e. The number of hydrogen-bond acceptors (Lipinski definition) is 8. The number of rotatable bonds is 37. The van der Waals surface area contributed by atoms with Gasteiger partial charge in [0.2, 0.25) is 5.91 Å². The Balaban J connectivity index is 2.35. The average Bonchev–Trinajstić information content (AvgIpc) is 3.21. The molecule has 0 radical (unpaired) electrons. The molecule has 0 saturated carbocycles. The van der Waals surface area contributed by atoms with Crippen LogP contribution >= 0.6 is 0 Å². The monoisotopic (exact) mass is 804 g/mol. The second-order valence-electron chi connectivity index (χ2n) is 15.8. The molecule has 57 heavy (non-hydrogen) atoms. The van der Waals surface area contributed by atoms with Gasteiger partial charge in [0.1, 0.15) is 24.4 Å². The second-order valence-corrected chi connectivity index (χ2v) is 15.8. The van der Waals surface area contributed by atoms with E-state index in [-0.39, 0.29) is 12.5 Å². The van der Waals surface area contributed by atoms with Crippen LogP contribution in [0, 0.1) is 0 Å². The summed E-state index contributed by atoms with van der Waals surface area (Å²) in [6.45, 7) is 3.69. The van der Waals surface area contributed by atoms with Gasteiger partial charge in [-0.25, -0.2) is 0 Å². The lowest BCUT2D eigenvalue weighted by Crippen LogP contribution is -2.60. The molecule has 1 heterocycles. The number of nitrogens with one attached hydrogen (secondary N) is 1. The predicted molar refractivity (Wildman–Crippen MR) is 235 cm³/mol. The number of aliphatic hydroxyl groups is 5. The number of allylic oxidation sites excluding steroid dienone is 9. The molecular weight excluding hydrogens is 719 g/mol. The molecule has 0 bridgehead atoms. The molecule has 1 aliphatic heterocycles. The Morgan fingerprint density at radius 1 is 0.596 bits per heavy atom. The molecule has 7 unspecified atom stereocenters. The molecule has 9 heteroatoms. The molecule has 0 aromatic carbocycles. The molecule has 0 aliphatic carbocycles. The number of amides is 1. The first-order valence-electron chi connectivity index (χ1n) is 23.0. The van der Waals surface area contributed by atoms with Crippen LogP contribution in [0.4, 0.5) is 0 Å². The third-order valence-corrected chi connectivity index (χ3v) is 10.5. The van der Waals surface area contributed by atoms with Gasteiger partial charge >= 0.3 is 0 Å². The highest BCUT2D eigenvalue weighted by molar-refractivity contribution is 5.76. The second kappa shape index (κ2) is 38.1. The number of aliphatic hydroxyl groups excluding tert-OH is 5. The van der Waals surface area contributed by atoms with E-state index in [1.165, 1.54) is 89.9 Å². The summed E-state index contributed by atoms with van der Waals surface area (Å²) in [6.07, 6.45) is 42.6. The first kappa shape index (κ1) is 52.9. The highest BCUT2D eigenvalue weighted by Crippen LogP contribution is 2.22. The lowest BCUT2D eigenvalue weighted by atomic mass is 9.99. The summed E-state index contributed by atoms with van der Waals surface area (Å²) < 4.78 is 11.2. The van der Waals surface area contributed by atoms with Crippen LogP contribution in [0.2, 0.25) is 0 Å². The van der Waals surface area contributed by atoms with Crippen LogP contribution in [0.5, 0.6) is 0 Å². The minimum atomic E-state index is -1.58. The van der Waals surface area contributed by atoms with Gasteiger partial charge in [-0.05, 0) is 77.0 Å². The van der Waals surface area contributed by atoms with Crippen LogP contribution in [0.3, 0.4) is 0 Å². The van der Waals surface area contributed by atoms with Gasteiger partial charge in [-0.2, -0.15) is 0 Å². The van der Waals surface area contributed by atoms with Gasteiger partial charge in [0.15, 0.2) is 6.29 Å². The molecule has 1 aliphatic rings. The van der Waals surface area contributed by atoms with Crippen molar-refractivity contribution in [2.45, 2.75) is 224 Å². The van der Waals surface area contributed by atoms with Gasteiger partial charge in [-0.1, -0.05) is 158 Å². The van der Waals surface area contributed by atoms with Gasteiger partial charge in [0, 0.05) is 6.42 Å². The molecule has 0 spiro atoms. The summed E-state index contributed by atoms with van der Waals surface area (Å²) in [5, 5.41) is 54.1. The molecule has 7 atom stereocenters. The van der Waals surface area contributed by atoms with E-state index in [1.807, 2.05) is 6.08 Å². The number of carbonyl (C=O) groups excluding carboxylic acids is 1. The molecule has 1 rings (SSSR count). The SMILES string of the molecule is CCCCC/C=C/CC/C=C/CC/C=C/C(O)C(COC1OC(CO)C(O)C(O)C1O)NC(=O)CCCCCCCCCCC/C=C\C/C=C\CCCCCCC. The minimum absolute atomic E-state index is 0.199. The zero-order valence-electron chi connectivity index (χ0n) is 36.1. The summed E-state index contributed by atoms with van der Waals surface area (Å²) in [6, 6.07) is -0.831. The first-order valence-corrected chi connectivity index (χ1v) is 23.0. The maximum atomic E-state index is 12.9. The van der Waals surface area contributed by atoms with Gasteiger partial charge in [-0.15, -0.1) is 0 Å². The van der Waals surface area contributed by atoms with Crippen molar-refractivity contribution < 1.29 is 39.8 Å². The van der Waals surface area contributed by atoms with Gasteiger partial charge in [-0.3, -0.25) is 4.79 Å². The fourth-order valence-electron chi connectivity index (χ4n) is 6.80. The van der Waals surface area contributed by atoms with Crippen molar-refractivity contribution in [3.05, 3.63) is 60.8 Å². The van der Waals surface area contributed by atoms with Crippen molar-refractivity contribution >= 4 is 5.91 Å². The molecule has 0 aromatic heterocycles. The zero-order valence-corrected chi connectivity index (χ0v) is 36.1. The Labute approximate surface area is 347 Å². The van der Waals surface area contributed by atoms with Crippen LogP contribution < -0.4 is 5.32 Å². The van der Waals surface area contributed by atoms with Crippen molar-refractivity contribution in [2.75, 3.05) is 13.2 Å². The summed E-state index contributed by atoms with van der Waals surface area (Å²) in [7, 11) is 0. The summed E-state index contributed by atoms with van der Waals surface area (Å²) >= 11 is 0. The number of carbonyl (C=O) groups is 1. The summed E-state index contributed by atoms with van der Waals surface area (Å²) in [5.41, 5.74) is 0. The Kier molecular flexibility index (Phi) is 35.4. The fourth-order valence-corrected chi connectivity index (χ4v) is 6.80. The maximum absolute atomic E-state index is 12.9. The van der Waals surface area contributed by atoms with Crippen LogP contribution in [0.1, 0.15) is 181 Å². The van der Waals surface area contributed by atoms with E-state index in [0.29, 0.717) is 6.42 Å². The number of unbranched alkanes of at least 4 members (excludes halogenated alkanes) is 19. The van der Waals surface area contributed by atoms with Crippen molar-refractivity contribution in [1.82, 2.24) is 5.32 Å². The first-order chi connectivity index (χ1) is 27.8. The Hall–Kier alpha value is -2.11. The topological polar surface area (TPSA) is 149 Å². The molecule has 9 nitrogen and oxygen atoms in total. The lowest BCUT2D eigenvalue weighted by molar-refractivity contribution is -0.302. The zero-order chi connectivity index (χ0) is 41.6. The highest BCUT2D eigenvalue weighted by atomic mass is 16.7. The third kappa shape index (κ3) is 28.9. The minimum Gasteiger partial charge on any atom is -0.394 e. The largest absolute Gasteiger partial charge is 0.394 e. The van der Waals surface area contributed by atoms with Crippen LogP contribution in [-0.4, -0.2) is 87.5 Å². The van der Waals surface area contributed by atoms with E-state index >= 15 is 0 Å². The normalized spacial score (nSPS) is 21.6. The van der Waals surface area contributed by atoms with Gasteiger partial charge < -0.3 is 40.3 Å². The molecular formula is C48H85NO8. The Bertz CT molecular complexity index is 1070. The number of hydrogen-bond donors (Lipinski definition) is 6. The molecule has 1 saturated heterocycles. The van der Waals surface area contributed by atoms with Crippen molar-refractivity contribution in [3.63, 3.8) is 0 Å². The molecule has 0 aromatic rings. The lowest BCUT2D eigenvalue weighted by Gasteiger charge is -2.40. The van der Waals surface area contributed by atoms with Crippen molar-refractivity contribution in [3.8, 4) is 0 Å². The summed E-state index contributed by atoms with van der Waals surface area (Å²) in [4.78, 5) is 12.9. The number of ether oxygens (including phenoxy) is 2. The molecule has 1 amide bonds. The predicted octanol–water partition coefficient (Wildman–Crippen LogP) is 9.61. The molecule has 6 N–H and O–H groups in total. The van der Waals surface area contributed by atoms with Crippen molar-refractivity contribution in [2.24, 2.45) is 0 Å². The standard InChI is InChI=1S/C48H85NO8/c1-3-5-7-9-11-13-15-17-18-19-20-21-22-23-24-26-28-30-32-34-36-38-44(52)49-41(40-56-48-47(55)46(54)45(53)43(39-50)57-48)42(51)37-35-33-31-29-27-25-16-14-12-10-8-6-4-2/h12,14-15,17,19-20,27,29,35,37,41-43,45-48,50-51,53-55H,3-11,13,16,18,21-26,28,30-34,36,38-40H2,1-2H3,(H,49,52)/b14-12+,17-15-,20-19-,29-27+,37-35+. The quantitative estimate of drug-likeness (QED) is 0.0269. The smallest absolute Gasteiger partial charge is 0.220 e. The summed E-state index contributed by atoms with van der Waals surface area (Å²) in [5.74, 6) is -0.199. The van der Waals surface area contributed by atoms with Gasteiger partial charge in [0.05, 0.1) is 25.4 Å². The highest BCUT2D eigenvalue weighted by Gasteiger charge is 2.44. The van der Waals surface area contributed by atoms with E-state index in [9.17, 15) is 30.3 Å². The van der Waals surface area contributed by atoms with Gasteiger partial charge in [0.25, 0.3) is 0 Å². The average molecular weight is 804 g/mol. The van der Waals surface area contributed by atoms with E-state index in [4.69, 9.17) is 9.47 Å². The fraction of sp³-hybridized carbons (Fsp3) is 0.771. The Morgan fingerprint density at radius 3 is 1.61 bits per heavy atom. The van der Waals surface area contributed by atoms with E-state index in [1.54, 1.807) is 6.08 Å². The van der Waals surface area contributed by atoms with E-state index in [0.717, 1.165) is 70.6 Å². The van der Waals surface area contributed by atoms with E-state index in [2.05, 4.69) is 67.8 Å². The van der Waals surface area contributed by atoms with Crippen LogP contribution in [0.15, 0.2) is 60.8 Å².